The number of carbonyl (C=O) groups is 1. The Morgan fingerprint density at radius 1 is 1.45 bits per heavy atom. The highest BCUT2D eigenvalue weighted by Crippen LogP contribution is 2.20. The van der Waals surface area contributed by atoms with Crippen LogP contribution in [0.2, 0.25) is 0 Å². The van der Waals surface area contributed by atoms with Gasteiger partial charge in [0, 0.05) is 11.6 Å². The zero-order valence-electron chi connectivity index (χ0n) is 9.82. The van der Waals surface area contributed by atoms with Crippen molar-refractivity contribution in [2.24, 2.45) is 0 Å². The fourth-order valence-corrected chi connectivity index (χ4v) is 3.24. The van der Waals surface area contributed by atoms with Gasteiger partial charge in [0.15, 0.2) is 0 Å². The molecule has 0 amide bonds. The molecule has 0 aromatic carbocycles. The summed E-state index contributed by atoms with van der Waals surface area (Å²) in [5.74, 6) is -1.13. The molecule has 0 fully saturated rings. The van der Waals surface area contributed by atoms with E-state index in [9.17, 15) is 14.4 Å². The predicted octanol–water partition coefficient (Wildman–Crippen LogP) is 0.954. The average Bonchev–Trinajstić information content (AvgIpc) is 3.03. The van der Waals surface area contributed by atoms with Gasteiger partial charge in [-0.05, 0) is 6.07 Å². The molecule has 7 nitrogen and oxygen atoms in total. The molecule has 0 unspecified atom stereocenters. The molecular weight excluding hydrogens is 302 g/mol. The quantitative estimate of drug-likeness (QED) is 0.749. The number of fused-ring (bicyclic) bond motifs is 1. The van der Waals surface area contributed by atoms with Crippen molar-refractivity contribution in [2.45, 2.75) is 6.54 Å². The number of hydrogen-bond acceptors (Lipinski definition) is 6. The monoisotopic (exact) mass is 309 g/mol. The van der Waals surface area contributed by atoms with E-state index in [0.717, 1.165) is 15.9 Å². The molecule has 102 valence electrons. The number of thiophene rings is 1. The Balaban J connectivity index is 2.20. The topological polar surface area (TPSA) is 105 Å². The highest BCUT2D eigenvalue weighted by atomic mass is 32.1. The average molecular weight is 309 g/mol. The van der Waals surface area contributed by atoms with Crippen molar-refractivity contribution in [3.63, 3.8) is 0 Å². The number of thiazole rings is 1. The minimum Gasteiger partial charge on any atom is -0.477 e. The highest BCUT2D eigenvalue weighted by Gasteiger charge is 2.15. The van der Waals surface area contributed by atoms with Crippen molar-refractivity contribution in [3.05, 3.63) is 48.4 Å². The number of carboxylic acid groups (broad SMARTS) is 1. The molecular formula is C11H7N3O4S2. The second kappa shape index (κ2) is 4.69. The van der Waals surface area contributed by atoms with Gasteiger partial charge < -0.3 is 5.11 Å². The SMILES string of the molecule is O=C(O)c1cc2c(=O)n(Cc3nccs3)c(=O)[nH]c2s1. The summed E-state index contributed by atoms with van der Waals surface area (Å²) in [7, 11) is 0. The molecule has 0 atom stereocenters. The molecule has 0 spiro atoms. The number of nitrogens with one attached hydrogen (secondary N) is 1. The van der Waals surface area contributed by atoms with Crippen LogP contribution in [0.15, 0.2) is 27.2 Å². The van der Waals surface area contributed by atoms with E-state index >= 15 is 0 Å². The van der Waals surface area contributed by atoms with E-state index in [4.69, 9.17) is 5.11 Å². The number of aromatic carboxylic acids is 1. The zero-order chi connectivity index (χ0) is 14.3. The van der Waals surface area contributed by atoms with Gasteiger partial charge >= 0.3 is 11.7 Å². The minimum absolute atomic E-state index is 0.0137. The molecule has 3 aromatic heterocycles. The van der Waals surface area contributed by atoms with Crippen LogP contribution in [-0.2, 0) is 6.54 Å². The smallest absolute Gasteiger partial charge is 0.345 e. The van der Waals surface area contributed by atoms with Gasteiger partial charge in [0.2, 0.25) is 0 Å². The Morgan fingerprint density at radius 3 is 2.90 bits per heavy atom. The molecule has 3 aromatic rings. The van der Waals surface area contributed by atoms with Gasteiger partial charge in [0.05, 0.1) is 11.9 Å². The number of H-pyrrole nitrogens is 1. The lowest BCUT2D eigenvalue weighted by molar-refractivity contribution is 0.0702. The maximum Gasteiger partial charge on any atom is 0.345 e. The summed E-state index contributed by atoms with van der Waals surface area (Å²) in [5.41, 5.74) is -1.08. The van der Waals surface area contributed by atoms with Crippen LogP contribution in [0.5, 0.6) is 0 Å². The number of nitrogens with zero attached hydrogens (tertiary/aromatic N) is 2. The molecule has 2 N–H and O–H groups in total. The van der Waals surface area contributed by atoms with Crippen molar-refractivity contribution < 1.29 is 9.90 Å². The molecule has 3 heterocycles. The van der Waals surface area contributed by atoms with Gasteiger partial charge in [-0.25, -0.2) is 14.6 Å². The summed E-state index contributed by atoms with van der Waals surface area (Å²) in [5, 5.41) is 11.5. The standard InChI is InChI=1S/C11H7N3O4S2/c15-9-5-3-6(10(16)17)20-8(5)13-11(18)14(9)4-7-12-1-2-19-7/h1-3H,4H2,(H,13,18)(H,16,17). The molecule has 9 heteroatoms. The van der Waals surface area contributed by atoms with Crippen LogP contribution in [0.1, 0.15) is 14.7 Å². The molecule has 0 aliphatic rings. The largest absolute Gasteiger partial charge is 0.477 e. The van der Waals surface area contributed by atoms with Gasteiger partial charge in [-0.1, -0.05) is 0 Å². The fourth-order valence-electron chi connectivity index (χ4n) is 1.76. The molecule has 0 aliphatic carbocycles. The summed E-state index contributed by atoms with van der Waals surface area (Å²) in [4.78, 5) is 41.9. The summed E-state index contributed by atoms with van der Waals surface area (Å²) in [6.07, 6.45) is 1.59. The number of rotatable bonds is 3. The summed E-state index contributed by atoms with van der Waals surface area (Å²) < 4.78 is 1.01. The number of hydrogen-bond donors (Lipinski definition) is 2. The molecule has 3 rings (SSSR count). The lowest BCUT2D eigenvalue weighted by Crippen LogP contribution is -2.34. The molecule has 20 heavy (non-hydrogen) atoms. The Hall–Kier alpha value is -2.26. The van der Waals surface area contributed by atoms with Crippen molar-refractivity contribution in [2.75, 3.05) is 0 Å². The van der Waals surface area contributed by atoms with Crippen LogP contribution in [0.4, 0.5) is 0 Å². The van der Waals surface area contributed by atoms with Crippen LogP contribution in [0.25, 0.3) is 10.2 Å². The fraction of sp³-hybridized carbons (Fsp3) is 0.0909. The first-order valence-electron chi connectivity index (χ1n) is 5.44. The van der Waals surface area contributed by atoms with Gasteiger partial charge in [-0.2, -0.15) is 0 Å². The number of carboxylic acids is 1. The van der Waals surface area contributed by atoms with Gasteiger partial charge in [-0.15, -0.1) is 22.7 Å². The summed E-state index contributed by atoms with van der Waals surface area (Å²) in [6, 6.07) is 1.28. The second-order valence-electron chi connectivity index (χ2n) is 3.91. The van der Waals surface area contributed by atoms with E-state index in [0.29, 0.717) is 5.01 Å². The summed E-state index contributed by atoms with van der Waals surface area (Å²) >= 11 is 2.20. The van der Waals surface area contributed by atoms with E-state index in [1.165, 1.54) is 17.4 Å². The van der Waals surface area contributed by atoms with Crippen molar-refractivity contribution in [3.8, 4) is 0 Å². The first-order valence-corrected chi connectivity index (χ1v) is 7.14. The first-order chi connectivity index (χ1) is 9.56. The highest BCUT2D eigenvalue weighted by molar-refractivity contribution is 7.20. The zero-order valence-corrected chi connectivity index (χ0v) is 11.5. The van der Waals surface area contributed by atoms with Crippen molar-refractivity contribution in [1.29, 1.82) is 0 Å². The van der Waals surface area contributed by atoms with E-state index in [1.54, 1.807) is 11.6 Å². The van der Waals surface area contributed by atoms with Gasteiger partial charge in [0.25, 0.3) is 5.56 Å². The second-order valence-corrected chi connectivity index (χ2v) is 5.94. The maximum atomic E-state index is 12.2. The molecule has 0 saturated heterocycles. The summed E-state index contributed by atoms with van der Waals surface area (Å²) in [6.45, 7) is 0.0695. The molecule has 0 saturated carbocycles. The lowest BCUT2D eigenvalue weighted by Gasteiger charge is -2.01. The Morgan fingerprint density at radius 2 is 2.25 bits per heavy atom. The predicted molar refractivity (Wildman–Crippen MR) is 74.9 cm³/mol. The number of aromatic nitrogens is 3. The van der Waals surface area contributed by atoms with Crippen LogP contribution >= 0.6 is 22.7 Å². The van der Waals surface area contributed by atoms with Crippen molar-refractivity contribution >= 4 is 38.9 Å². The van der Waals surface area contributed by atoms with Gasteiger partial charge in [-0.3, -0.25) is 14.3 Å². The minimum atomic E-state index is -1.13. The number of aromatic amines is 1. The Bertz CT molecular complexity index is 904. The van der Waals surface area contributed by atoms with E-state index < -0.39 is 17.2 Å². The molecule has 0 radical (unpaired) electrons. The first kappa shape index (κ1) is 12.8. The van der Waals surface area contributed by atoms with Crippen molar-refractivity contribution in [1.82, 2.24) is 14.5 Å². The third-order valence-electron chi connectivity index (χ3n) is 2.66. The van der Waals surface area contributed by atoms with Gasteiger partial charge in [0.1, 0.15) is 14.7 Å². The van der Waals surface area contributed by atoms with Crippen LogP contribution in [0.3, 0.4) is 0 Å². The molecule has 0 aliphatic heterocycles. The maximum absolute atomic E-state index is 12.2. The normalized spacial score (nSPS) is 11.0. The van der Waals surface area contributed by atoms with E-state index in [1.807, 2.05) is 0 Å². The Labute approximate surface area is 118 Å². The van der Waals surface area contributed by atoms with Crippen LogP contribution < -0.4 is 11.2 Å². The Kier molecular flexibility index (Phi) is 2.99. The van der Waals surface area contributed by atoms with Crippen LogP contribution in [0, 0.1) is 0 Å². The lowest BCUT2D eigenvalue weighted by atomic mass is 10.3. The third kappa shape index (κ3) is 2.06. The van der Waals surface area contributed by atoms with Crippen LogP contribution in [-0.4, -0.2) is 25.6 Å². The van der Waals surface area contributed by atoms with E-state index in [-0.39, 0.29) is 21.6 Å². The molecule has 0 bridgehead atoms. The van der Waals surface area contributed by atoms with E-state index in [2.05, 4.69) is 9.97 Å². The third-order valence-corrected chi connectivity index (χ3v) is 4.46.